The molecule has 0 spiro atoms. The van der Waals surface area contributed by atoms with Crippen molar-refractivity contribution in [3.63, 3.8) is 0 Å². The smallest absolute Gasteiger partial charge is 0.255 e. The topological polar surface area (TPSA) is 53.2 Å². The lowest BCUT2D eigenvalue weighted by Gasteiger charge is -2.29. The number of hydrogen-bond acceptors (Lipinski definition) is 3. The average molecular weight is 343 g/mol. The van der Waals surface area contributed by atoms with Crippen LogP contribution in [0.1, 0.15) is 23.4 Å². The first-order valence-electron chi connectivity index (χ1n) is 7.25. The second kappa shape index (κ2) is 6.52. The molecule has 118 valence electrons. The van der Waals surface area contributed by atoms with Crippen molar-refractivity contribution in [2.24, 2.45) is 0 Å². The highest BCUT2D eigenvalue weighted by atomic mass is 32.1. The van der Waals surface area contributed by atoms with Gasteiger partial charge in [-0.05, 0) is 49.1 Å². The van der Waals surface area contributed by atoms with Gasteiger partial charge in [0, 0.05) is 16.3 Å². The molecule has 0 saturated carbocycles. The normalized spacial score (nSPS) is 17.5. The molecule has 1 aliphatic rings. The van der Waals surface area contributed by atoms with Crippen LogP contribution in [0.4, 0.5) is 5.69 Å². The molecule has 1 aromatic carbocycles. The fourth-order valence-corrected chi connectivity index (χ4v) is 3.62. The summed E-state index contributed by atoms with van der Waals surface area (Å²) in [6.07, 6.45) is 0. The fraction of sp³-hybridized carbons (Fsp3) is 0.176. The number of carbonyl (C=O) groups excluding carboxylic acids is 1. The molecule has 3 N–H and O–H groups in total. The van der Waals surface area contributed by atoms with E-state index < -0.39 is 0 Å². The van der Waals surface area contributed by atoms with Gasteiger partial charge in [0.15, 0.2) is 5.11 Å². The van der Waals surface area contributed by atoms with E-state index in [2.05, 4.69) is 16.0 Å². The van der Waals surface area contributed by atoms with Crippen LogP contribution in [0.5, 0.6) is 0 Å². The molecule has 1 amide bonds. The van der Waals surface area contributed by atoms with Gasteiger partial charge in [0.2, 0.25) is 0 Å². The number of hydrogen-bond donors (Lipinski definition) is 3. The van der Waals surface area contributed by atoms with Gasteiger partial charge < -0.3 is 16.0 Å². The summed E-state index contributed by atoms with van der Waals surface area (Å²) in [5, 5.41) is 11.8. The standard InChI is InChI=1S/C17H17N3OS2/c1-10-6-3-4-7-12(10)19-16(21)14-11(2)18-17(22)20-15(14)13-8-5-9-23-13/h3-9,15H,1-2H3,(H,19,21)(H2,18,20,22)/t15-/m1/s1. The summed E-state index contributed by atoms with van der Waals surface area (Å²) in [6, 6.07) is 11.5. The Morgan fingerprint density at radius 3 is 2.70 bits per heavy atom. The number of benzene rings is 1. The quantitative estimate of drug-likeness (QED) is 0.747. The van der Waals surface area contributed by atoms with E-state index in [0.717, 1.165) is 21.8 Å². The number of thiocarbonyl (C=S) groups is 1. The highest BCUT2D eigenvalue weighted by molar-refractivity contribution is 7.80. The number of rotatable bonds is 3. The molecule has 2 heterocycles. The van der Waals surface area contributed by atoms with E-state index in [1.54, 1.807) is 11.3 Å². The van der Waals surface area contributed by atoms with Gasteiger partial charge in [-0.2, -0.15) is 0 Å². The van der Waals surface area contributed by atoms with E-state index in [0.29, 0.717) is 10.7 Å². The molecule has 0 aliphatic carbocycles. The number of allylic oxidation sites excluding steroid dienone is 1. The number of anilines is 1. The van der Waals surface area contributed by atoms with Crippen LogP contribution in [0.3, 0.4) is 0 Å². The Hall–Kier alpha value is -2.18. The zero-order valence-corrected chi connectivity index (χ0v) is 14.5. The van der Waals surface area contributed by atoms with Crippen molar-refractivity contribution in [2.75, 3.05) is 5.32 Å². The van der Waals surface area contributed by atoms with Crippen molar-refractivity contribution in [2.45, 2.75) is 19.9 Å². The van der Waals surface area contributed by atoms with E-state index in [1.807, 2.05) is 55.6 Å². The third-order valence-corrected chi connectivity index (χ3v) is 4.89. The van der Waals surface area contributed by atoms with E-state index >= 15 is 0 Å². The third-order valence-electron chi connectivity index (χ3n) is 3.73. The number of thiophene rings is 1. The van der Waals surface area contributed by atoms with Gasteiger partial charge in [-0.3, -0.25) is 4.79 Å². The maximum absolute atomic E-state index is 12.9. The summed E-state index contributed by atoms with van der Waals surface area (Å²) < 4.78 is 0. The lowest BCUT2D eigenvalue weighted by atomic mass is 10.0. The summed E-state index contributed by atoms with van der Waals surface area (Å²) in [5.74, 6) is -0.127. The third kappa shape index (κ3) is 3.28. The van der Waals surface area contributed by atoms with Gasteiger partial charge >= 0.3 is 0 Å². The van der Waals surface area contributed by atoms with Crippen LogP contribution in [-0.2, 0) is 4.79 Å². The van der Waals surface area contributed by atoms with Crippen molar-refractivity contribution in [1.29, 1.82) is 0 Å². The maximum atomic E-state index is 12.9. The van der Waals surface area contributed by atoms with Crippen molar-refractivity contribution in [1.82, 2.24) is 10.6 Å². The molecule has 0 radical (unpaired) electrons. The molecule has 1 aromatic heterocycles. The molecule has 0 bridgehead atoms. The van der Waals surface area contributed by atoms with Crippen LogP contribution in [0.15, 0.2) is 53.0 Å². The Bertz CT molecular complexity index is 781. The molecule has 2 aromatic rings. The summed E-state index contributed by atoms with van der Waals surface area (Å²) in [4.78, 5) is 13.9. The van der Waals surface area contributed by atoms with Crippen LogP contribution in [0, 0.1) is 6.92 Å². The molecule has 3 rings (SSSR count). The first-order valence-corrected chi connectivity index (χ1v) is 8.53. The minimum atomic E-state index is -0.229. The van der Waals surface area contributed by atoms with E-state index in [9.17, 15) is 4.79 Å². The lowest BCUT2D eigenvalue weighted by molar-refractivity contribution is -0.113. The minimum Gasteiger partial charge on any atom is -0.350 e. The van der Waals surface area contributed by atoms with Gasteiger partial charge in [-0.1, -0.05) is 24.3 Å². The minimum absolute atomic E-state index is 0.127. The number of para-hydroxylation sites is 1. The summed E-state index contributed by atoms with van der Waals surface area (Å²) in [7, 11) is 0. The molecule has 0 saturated heterocycles. The molecule has 6 heteroatoms. The predicted octanol–water partition coefficient (Wildman–Crippen LogP) is 3.49. The van der Waals surface area contributed by atoms with Crippen molar-refractivity contribution in [3.8, 4) is 0 Å². The van der Waals surface area contributed by atoms with Crippen LogP contribution < -0.4 is 16.0 Å². The van der Waals surface area contributed by atoms with E-state index in [-0.39, 0.29) is 11.9 Å². The molecular weight excluding hydrogens is 326 g/mol. The second-order valence-corrected chi connectivity index (χ2v) is 6.74. The molecule has 4 nitrogen and oxygen atoms in total. The van der Waals surface area contributed by atoms with Gasteiger partial charge in [-0.25, -0.2) is 0 Å². The zero-order valence-electron chi connectivity index (χ0n) is 12.8. The molecule has 0 fully saturated rings. The molecule has 1 atom stereocenters. The van der Waals surface area contributed by atoms with Crippen molar-refractivity contribution in [3.05, 3.63) is 63.5 Å². The SMILES string of the molecule is CC1=C(C(=O)Nc2ccccc2C)[C@@H](c2cccs2)NC(=S)N1. The number of aryl methyl sites for hydroxylation is 1. The van der Waals surface area contributed by atoms with Crippen LogP contribution >= 0.6 is 23.6 Å². The summed E-state index contributed by atoms with van der Waals surface area (Å²) in [6.45, 7) is 3.85. The van der Waals surface area contributed by atoms with Gasteiger partial charge in [0.1, 0.15) is 0 Å². The zero-order chi connectivity index (χ0) is 16.4. The summed E-state index contributed by atoms with van der Waals surface area (Å²) in [5.41, 5.74) is 3.28. The van der Waals surface area contributed by atoms with Gasteiger partial charge in [0.25, 0.3) is 5.91 Å². The second-order valence-electron chi connectivity index (χ2n) is 5.35. The Labute approximate surface area is 144 Å². The van der Waals surface area contributed by atoms with Crippen molar-refractivity contribution >= 4 is 40.3 Å². The Morgan fingerprint density at radius 2 is 2.00 bits per heavy atom. The van der Waals surface area contributed by atoms with Crippen molar-refractivity contribution < 1.29 is 4.79 Å². The number of nitrogens with one attached hydrogen (secondary N) is 3. The highest BCUT2D eigenvalue weighted by Crippen LogP contribution is 2.30. The first-order chi connectivity index (χ1) is 11.1. The molecule has 23 heavy (non-hydrogen) atoms. The predicted molar refractivity (Wildman–Crippen MR) is 98.4 cm³/mol. The Morgan fingerprint density at radius 1 is 1.22 bits per heavy atom. The van der Waals surface area contributed by atoms with Crippen LogP contribution in [-0.4, -0.2) is 11.0 Å². The largest absolute Gasteiger partial charge is 0.350 e. The van der Waals surface area contributed by atoms with Gasteiger partial charge in [-0.15, -0.1) is 11.3 Å². The first kappa shape index (κ1) is 15.7. The molecule has 0 unspecified atom stereocenters. The van der Waals surface area contributed by atoms with Gasteiger partial charge in [0.05, 0.1) is 11.6 Å². The highest BCUT2D eigenvalue weighted by Gasteiger charge is 2.30. The molecular formula is C17H17N3OS2. The molecule has 1 aliphatic heterocycles. The number of carbonyl (C=O) groups is 1. The maximum Gasteiger partial charge on any atom is 0.255 e. The van der Waals surface area contributed by atoms with Crippen LogP contribution in [0.25, 0.3) is 0 Å². The van der Waals surface area contributed by atoms with E-state index in [1.165, 1.54) is 0 Å². The Balaban J connectivity index is 1.94. The average Bonchev–Trinajstić information content (AvgIpc) is 3.03. The Kier molecular flexibility index (Phi) is 4.45. The lowest BCUT2D eigenvalue weighted by Crippen LogP contribution is -2.45. The summed E-state index contributed by atoms with van der Waals surface area (Å²) >= 11 is 6.84. The van der Waals surface area contributed by atoms with E-state index in [4.69, 9.17) is 12.2 Å². The number of amides is 1. The fourth-order valence-electron chi connectivity index (χ4n) is 2.57. The van der Waals surface area contributed by atoms with Crippen LogP contribution in [0.2, 0.25) is 0 Å². The monoisotopic (exact) mass is 343 g/mol.